The van der Waals surface area contributed by atoms with Gasteiger partial charge in [0.25, 0.3) is 0 Å². The molecule has 0 aromatic heterocycles. The van der Waals surface area contributed by atoms with Gasteiger partial charge in [0, 0.05) is 11.1 Å². The molecule has 31 heavy (non-hydrogen) atoms. The highest BCUT2D eigenvalue weighted by atomic mass is 16.6. The van der Waals surface area contributed by atoms with Crippen LogP contribution in [0.2, 0.25) is 0 Å². The fourth-order valence-corrected chi connectivity index (χ4v) is 3.11. The van der Waals surface area contributed by atoms with Gasteiger partial charge in [-0.15, -0.1) is 0 Å². The van der Waals surface area contributed by atoms with Gasteiger partial charge in [-0.3, -0.25) is 4.79 Å². The maximum Gasteiger partial charge on any atom is 0.338 e. The van der Waals surface area contributed by atoms with Crippen LogP contribution in [0.3, 0.4) is 0 Å². The Morgan fingerprint density at radius 2 is 1.87 bits per heavy atom. The van der Waals surface area contributed by atoms with Crippen molar-refractivity contribution in [3.05, 3.63) is 41.5 Å². The standard InChI is InChI=1S/C24H28O7/c1-14(2)31-23(26)24(3,4)13-30-20-17(9-10-19(27-5)21(20)28-6)15-7-8-18-16(11-15)12-29-22(18)25/h7-11,14H,12-13H2,1-6H3/i5D2,6D2. The zero-order chi connectivity index (χ0) is 25.9. The lowest BCUT2D eigenvalue weighted by Gasteiger charge is -2.26. The molecule has 1 aliphatic rings. The van der Waals surface area contributed by atoms with Gasteiger partial charge < -0.3 is 23.7 Å². The van der Waals surface area contributed by atoms with Gasteiger partial charge in [0.15, 0.2) is 11.5 Å². The summed E-state index contributed by atoms with van der Waals surface area (Å²) in [7, 11) is -3.47. The first-order chi connectivity index (χ1) is 16.4. The van der Waals surface area contributed by atoms with Crippen LogP contribution in [0.15, 0.2) is 30.3 Å². The second-order valence-electron chi connectivity index (χ2n) is 8.08. The van der Waals surface area contributed by atoms with E-state index >= 15 is 0 Å². The summed E-state index contributed by atoms with van der Waals surface area (Å²) >= 11 is 0. The number of rotatable bonds is 8. The van der Waals surface area contributed by atoms with Crippen molar-refractivity contribution < 1.29 is 38.8 Å². The molecule has 7 nitrogen and oxygen atoms in total. The lowest BCUT2D eigenvalue weighted by molar-refractivity contribution is -0.159. The Hall–Kier alpha value is -3.22. The van der Waals surface area contributed by atoms with Gasteiger partial charge in [-0.05, 0) is 57.5 Å². The minimum atomic E-state index is -1.77. The molecule has 0 spiro atoms. The molecule has 0 saturated heterocycles. The maximum atomic E-state index is 12.6. The molecule has 166 valence electrons. The molecule has 0 fully saturated rings. The second kappa shape index (κ2) is 8.88. The maximum absolute atomic E-state index is 12.6. The number of carbonyl (C=O) groups excluding carboxylic acids is 2. The molecule has 1 aliphatic heterocycles. The molecule has 0 N–H and O–H groups in total. The van der Waals surface area contributed by atoms with Crippen molar-refractivity contribution in [3.63, 3.8) is 0 Å². The predicted molar refractivity (Wildman–Crippen MR) is 115 cm³/mol. The van der Waals surface area contributed by atoms with Crippen molar-refractivity contribution in [2.45, 2.75) is 40.4 Å². The van der Waals surface area contributed by atoms with E-state index in [2.05, 4.69) is 0 Å². The van der Waals surface area contributed by atoms with Crippen molar-refractivity contribution in [3.8, 4) is 28.4 Å². The number of esters is 2. The molecule has 0 radical (unpaired) electrons. The Labute approximate surface area is 187 Å². The molecule has 0 amide bonds. The van der Waals surface area contributed by atoms with E-state index in [1.54, 1.807) is 52.0 Å². The van der Waals surface area contributed by atoms with Crippen LogP contribution in [0.4, 0.5) is 0 Å². The molecule has 3 rings (SSSR count). The first-order valence-corrected chi connectivity index (χ1v) is 9.72. The van der Waals surface area contributed by atoms with Gasteiger partial charge in [-0.2, -0.15) is 0 Å². The second-order valence-corrected chi connectivity index (χ2v) is 8.08. The van der Waals surface area contributed by atoms with Gasteiger partial charge in [-0.25, -0.2) is 4.79 Å². The van der Waals surface area contributed by atoms with E-state index < -0.39 is 31.5 Å². The van der Waals surface area contributed by atoms with Crippen LogP contribution in [0.5, 0.6) is 17.2 Å². The van der Waals surface area contributed by atoms with Gasteiger partial charge in [-0.1, -0.05) is 6.07 Å². The summed E-state index contributed by atoms with van der Waals surface area (Å²) in [6, 6.07) is 8.12. The van der Waals surface area contributed by atoms with Gasteiger partial charge in [0.2, 0.25) is 5.75 Å². The monoisotopic (exact) mass is 432 g/mol. The molecule has 0 aliphatic carbocycles. The third kappa shape index (κ3) is 4.60. The molecule has 1 heterocycles. The highest BCUT2D eigenvalue weighted by Gasteiger charge is 2.32. The van der Waals surface area contributed by atoms with Crippen LogP contribution in [0.25, 0.3) is 11.1 Å². The first kappa shape index (κ1) is 17.5. The summed E-state index contributed by atoms with van der Waals surface area (Å²) in [4.78, 5) is 24.4. The van der Waals surface area contributed by atoms with Gasteiger partial charge >= 0.3 is 11.9 Å². The van der Waals surface area contributed by atoms with Crippen LogP contribution in [0, 0.1) is 5.41 Å². The SMILES string of the molecule is [2H]C([2H])Oc1ccc(-c2ccc3c(c2)COC3=O)c(OCC(C)(C)C(=O)OC(C)C)c1OC([2H])[2H]. The number of fused-ring (bicyclic) bond motifs is 1. The fraction of sp³-hybridized carbons (Fsp3) is 0.417. The third-order valence-corrected chi connectivity index (χ3v) is 4.79. The summed E-state index contributed by atoms with van der Waals surface area (Å²) in [6.07, 6.45) is -0.317. The molecule has 0 atom stereocenters. The highest BCUT2D eigenvalue weighted by molar-refractivity contribution is 5.94. The summed E-state index contributed by atoms with van der Waals surface area (Å²) in [5.74, 6) is -1.05. The molecule has 0 saturated carbocycles. The normalized spacial score (nSPS) is 15.0. The Morgan fingerprint density at radius 3 is 2.58 bits per heavy atom. The van der Waals surface area contributed by atoms with Crippen LogP contribution < -0.4 is 14.2 Å². The third-order valence-electron chi connectivity index (χ3n) is 4.79. The molecule has 2 aromatic carbocycles. The largest absolute Gasteiger partial charge is 0.493 e. The first-order valence-electron chi connectivity index (χ1n) is 12.0. The van der Waals surface area contributed by atoms with E-state index in [1.165, 1.54) is 6.07 Å². The molecule has 0 bridgehead atoms. The highest BCUT2D eigenvalue weighted by Crippen LogP contribution is 2.45. The lowest BCUT2D eigenvalue weighted by atomic mass is 9.94. The zero-order valence-corrected chi connectivity index (χ0v) is 17.9. The number of methoxy groups -OCH3 is 2. The molecule has 7 heteroatoms. The number of carbonyl (C=O) groups is 2. The predicted octanol–water partition coefficient (Wildman–Crippen LogP) is 4.40. The Bertz CT molecular complexity index is 1100. The summed E-state index contributed by atoms with van der Waals surface area (Å²) in [5, 5.41) is 0. The number of hydrogen-bond acceptors (Lipinski definition) is 7. The van der Waals surface area contributed by atoms with Crippen molar-refractivity contribution in [2.24, 2.45) is 5.41 Å². The molecular weight excluding hydrogens is 400 g/mol. The van der Waals surface area contributed by atoms with E-state index in [0.29, 0.717) is 22.3 Å². The fourth-order valence-electron chi connectivity index (χ4n) is 3.11. The van der Waals surface area contributed by atoms with Gasteiger partial charge in [0.1, 0.15) is 13.2 Å². The Kier molecular flexibility index (Phi) is 5.00. The Balaban J connectivity index is 2.09. The lowest BCUT2D eigenvalue weighted by Crippen LogP contribution is -2.34. The van der Waals surface area contributed by atoms with Crippen molar-refractivity contribution in [1.82, 2.24) is 0 Å². The number of hydrogen-bond donors (Lipinski definition) is 0. The summed E-state index contributed by atoms with van der Waals surface area (Å²) < 4.78 is 57.1. The van der Waals surface area contributed by atoms with E-state index in [1.807, 2.05) is 0 Å². The van der Waals surface area contributed by atoms with Crippen molar-refractivity contribution >= 4 is 11.9 Å². The molecular formula is C24H28O7. The van der Waals surface area contributed by atoms with E-state index in [-0.39, 0.29) is 36.6 Å². The molecule has 0 unspecified atom stereocenters. The smallest absolute Gasteiger partial charge is 0.338 e. The number of cyclic esters (lactones) is 1. The minimum Gasteiger partial charge on any atom is -0.493 e. The van der Waals surface area contributed by atoms with Crippen LogP contribution in [0.1, 0.15) is 49.1 Å². The molecule has 2 aromatic rings. The number of benzene rings is 2. The van der Waals surface area contributed by atoms with Crippen molar-refractivity contribution in [2.75, 3.05) is 20.7 Å². The Morgan fingerprint density at radius 1 is 1.13 bits per heavy atom. The van der Waals surface area contributed by atoms with Crippen LogP contribution in [-0.2, 0) is 20.9 Å². The van der Waals surface area contributed by atoms with Crippen LogP contribution >= 0.6 is 0 Å². The average molecular weight is 433 g/mol. The van der Waals surface area contributed by atoms with E-state index in [9.17, 15) is 9.59 Å². The topological polar surface area (TPSA) is 80.3 Å². The van der Waals surface area contributed by atoms with Crippen LogP contribution in [-0.4, -0.2) is 38.8 Å². The quantitative estimate of drug-likeness (QED) is 0.572. The summed E-state index contributed by atoms with van der Waals surface area (Å²) in [5.41, 5.74) is 1.15. The number of ether oxygens (including phenoxy) is 5. The summed E-state index contributed by atoms with van der Waals surface area (Å²) in [6.45, 7) is 6.75. The van der Waals surface area contributed by atoms with Crippen molar-refractivity contribution in [1.29, 1.82) is 0 Å². The van der Waals surface area contributed by atoms with E-state index in [4.69, 9.17) is 29.2 Å². The average Bonchev–Trinajstić information content (AvgIpc) is 3.12. The zero-order valence-electron chi connectivity index (χ0n) is 21.9. The van der Waals surface area contributed by atoms with E-state index in [0.717, 1.165) is 0 Å². The van der Waals surface area contributed by atoms with Gasteiger partial charge in [0.05, 0.1) is 36.7 Å². The minimum absolute atomic E-state index is 0.0586.